The topological polar surface area (TPSA) is 53.0 Å². The fourth-order valence-corrected chi connectivity index (χ4v) is 2.66. The molecule has 1 aromatic carbocycles. The Balaban J connectivity index is 2.01. The Kier molecular flexibility index (Phi) is 6.07. The SMILES string of the molecule is CCCCN(C)CCc1ccc2c(c1)N(CC(=O)O)CCO2. The molecule has 1 N–H and O–H groups in total. The predicted octanol–water partition coefficient (Wildman–Crippen LogP) is 2.24. The summed E-state index contributed by atoms with van der Waals surface area (Å²) < 4.78 is 5.62. The molecule has 0 saturated carbocycles. The Bertz CT molecular complexity index is 505. The maximum atomic E-state index is 11.0. The molecule has 0 saturated heterocycles. The van der Waals surface area contributed by atoms with E-state index in [-0.39, 0.29) is 6.54 Å². The van der Waals surface area contributed by atoms with Crippen LogP contribution >= 0.6 is 0 Å². The largest absolute Gasteiger partial charge is 0.490 e. The standard InChI is InChI=1S/C17H26N2O3/c1-3-4-8-18(2)9-7-14-5-6-16-15(12-14)19(10-11-22-16)13-17(20)21/h5-6,12H,3-4,7-11,13H2,1-2H3,(H,20,21). The van der Waals surface area contributed by atoms with Crippen molar-refractivity contribution in [3.63, 3.8) is 0 Å². The van der Waals surface area contributed by atoms with Crippen LogP contribution in [0.3, 0.4) is 0 Å². The Morgan fingerprint density at radius 2 is 2.23 bits per heavy atom. The van der Waals surface area contributed by atoms with Crippen molar-refractivity contribution in [1.82, 2.24) is 4.90 Å². The van der Waals surface area contributed by atoms with E-state index in [9.17, 15) is 4.79 Å². The average Bonchev–Trinajstić information content (AvgIpc) is 2.50. The van der Waals surface area contributed by atoms with Gasteiger partial charge in [0.25, 0.3) is 0 Å². The number of hydrogen-bond donors (Lipinski definition) is 1. The maximum absolute atomic E-state index is 11.0. The number of ether oxygens (including phenoxy) is 1. The molecule has 0 bridgehead atoms. The molecule has 122 valence electrons. The number of carbonyl (C=O) groups is 1. The zero-order chi connectivity index (χ0) is 15.9. The van der Waals surface area contributed by atoms with E-state index >= 15 is 0 Å². The molecule has 1 aromatic rings. The number of rotatable bonds is 8. The van der Waals surface area contributed by atoms with E-state index in [0.29, 0.717) is 13.2 Å². The zero-order valence-corrected chi connectivity index (χ0v) is 13.5. The molecule has 22 heavy (non-hydrogen) atoms. The maximum Gasteiger partial charge on any atom is 0.323 e. The molecular weight excluding hydrogens is 280 g/mol. The first kappa shape index (κ1) is 16.6. The first-order valence-corrected chi connectivity index (χ1v) is 8.01. The van der Waals surface area contributed by atoms with Gasteiger partial charge in [-0.05, 0) is 44.1 Å². The van der Waals surface area contributed by atoms with Gasteiger partial charge in [-0.25, -0.2) is 0 Å². The number of nitrogens with zero attached hydrogens (tertiary/aromatic N) is 2. The quantitative estimate of drug-likeness (QED) is 0.798. The van der Waals surface area contributed by atoms with Crippen LogP contribution in [0.5, 0.6) is 5.75 Å². The van der Waals surface area contributed by atoms with Crippen LogP contribution in [0.2, 0.25) is 0 Å². The van der Waals surface area contributed by atoms with Crippen molar-refractivity contribution in [2.45, 2.75) is 26.2 Å². The third kappa shape index (κ3) is 4.63. The van der Waals surface area contributed by atoms with Gasteiger partial charge in [-0.2, -0.15) is 0 Å². The number of unbranched alkanes of at least 4 members (excludes halogenated alkanes) is 1. The van der Waals surface area contributed by atoms with Crippen LogP contribution in [0.25, 0.3) is 0 Å². The molecule has 0 aliphatic carbocycles. The van der Waals surface area contributed by atoms with E-state index in [0.717, 1.165) is 30.9 Å². The summed E-state index contributed by atoms with van der Waals surface area (Å²) in [6, 6.07) is 6.12. The highest BCUT2D eigenvalue weighted by Gasteiger charge is 2.20. The Morgan fingerprint density at radius 1 is 1.41 bits per heavy atom. The molecular formula is C17H26N2O3. The second kappa shape index (κ2) is 8.03. The average molecular weight is 306 g/mol. The van der Waals surface area contributed by atoms with Crippen molar-refractivity contribution in [2.24, 2.45) is 0 Å². The van der Waals surface area contributed by atoms with Crippen molar-refractivity contribution in [3.05, 3.63) is 23.8 Å². The summed E-state index contributed by atoms with van der Waals surface area (Å²) in [4.78, 5) is 15.2. The van der Waals surface area contributed by atoms with E-state index in [2.05, 4.69) is 31.0 Å². The lowest BCUT2D eigenvalue weighted by Crippen LogP contribution is -2.36. The number of benzene rings is 1. The lowest BCUT2D eigenvalue weighted by Gasteiger charge is -2.30. The van der Waals surface area contributed by atoms with Gasteiger partial charge in [0.15, 0.2) is 0 Å². The van der Waals surface area contributed by atoms with Crippen molar-refractivity contribution in [1.29, 1.82) is 0 Å². The molecule has 0 atom stereocenters. The van der Waals surface area contributed by atoms with Crippen molar-refractivity contribution in [2.75, 3.05) is 44.7 Å². The summed E-state index contributed by atoms with van der Waals surface area (Å²) in [7, 11) is 2.15. The van der Waals surface area contributed by atoms with Crippen LogP contribution in [-0.2, 0) is 11.2 Å². The molecule has 5 heteroatoms. The van der Waals surface area contributed by atoms with E-state index < -0.39 is 5.97 Å². The number of fused-ring (bicyclic) bond motifs is 1. The fourth-order valence-electron chi connectivity index (χ4n) is 2.66. The summed E-state index contributed by atoms with van der Waals surface area (Å²) >= 11 is 0. The van der Waals surface area contributed by atoms with Gasteiger partial charge in [0.2, 0.25) is 0 Å². The van der Waals surface area contributed by atoms with Gasteiger partial charge in [-0.1, -0.05) is 19.4 Å². The normalized spacial score (nSPS) is 13.9. The molecule has 0 aromatic heterocycles. The van der Waals surface area contributed by atoms with Gasteiger partial charge in [0, 0.05) is 6.54 Å². The Hall–Kier alpha value is -1.75. The monoisotopic (exact) mass is 306 g/mol. The third-order valence-corrected chi connectivity index (χ3v) is 3.98. The van der Waals surface area contributed by atoms with Crippen LogP contribution < -0.4 is 9.64 Å². The molecule has 0 radical (unpaired) electrons. The number of aliphatic carboxylic acids is 1. The molecule has 2 rings (SSSR count). The highest BCUT2D eigenvalue weighted by Crippen LogP contribution is 2.32. The number of carboxylic acid groups (broad SMARTS) is 1. The van der Waals surface area contributed by atoms with Crippen LogP contribution in [0.15, 0.2) is 18.2 Å². The van der Waals surface area contributed by atoms with Gasteiger partial charge >= 0.3 is 5.97 Å². The lowest BCUT2D eigenvalue weighted by molar-refractivity contribution is -0.135. The number of hydrogen-bond acceptors (Lipinski definition) is 4. The summed E-state index contributed by atoms with van der Waals surface area (Å²) in [5.74, 6) is -0.0202. The molecule has 0 unspecified atom stereocenters. The Morgan fingerprint density at radius 3 is 2.95 bits per heavy atom. The molecule has 1 heterocycles. The molecule has 1 aliphatic rings. The van der Waals surface area contributed by atoms with Crippen molar-refractivity contribution < 1.29 is 14.6 Å². The molecule has 0 fully saturated rings. The van der Waals surface area contributed by atoms with Crippen molar-refractivity contribution >= 4 is 11.7 Å². The zero-order valence-electron chi connectivity index (χ0n) is 13.5. The third-order valence-electron chi connectivity index (χ3n) is 3.98. The second-order valence-electron chi connectivity index (χ2n) is 5.87. The smallest absolute Gasteiger partial charge is 0.323 e. The first-order chi connectivity index (χ1) is 10.6. The minimum absolute atomic E-state index is 0.0240. The van der Waals surface area contributed by atoms with E-state index in [1.54, 1.807) is 0 Å². The van der Waals surface area contributed by atoms with Crippen LogP contribution in [0.1, 0.15) is 25.3 Å². The number of carboxylic acids is 1. The number of likely N-dealkylation sites (N-methyl/N-ethyl adjacent to an activating group) is 1. The van der Waals surface area contributed by atoms with Gasteiger partial charge in [-0.3, -0.25) is 4.79 Å². The van der Waals surface area contributed by atoms with E-state index in [1.165, 1.54) is 18.4 Å². The lowest BCUT2D eigenvalue weighted by atomic mass is 10.1. The summed E-state index contributed by atoms with van der Waals surface area (Å²) in [6.07, 6.45) is 3.40. The minimum Gasteiger partial charge on any atom is -0.490 e. The molecule has 0 amide bonds. The predicted molar refractivity (Wildman–Crippen MR) is 87.9 cm³/mol. The van der Waals surface area contributed by atoms with E-state index in [4.69, 9.17) is 9.84 Å². The highest BCUT2D eigenvalue weighted by atomic mass is 16.5. The Labute approximate surface area is 132 Å². The highest BCUT2D eigenvalue weighted by molar-refractivity contribution is 5.75. The van der Waals surface area contributed by atoms with Gasteiger partial charge < -0.3 is 19.6 Å². The molecule has 5 nitrogen and oxygen atoms in total. The molecule has 1 aliphatic heterocycles. The minimum atomic E-state index is -0.808. The summed E-state index contributed by atoms with van der Waals surface area (Å²) in [5.41, 5.74) is 2.13. The van der Waals surface area contributed by atoms with Crippen LogP contribution in [-0.4, -0.2) is 55.8 Å². The number of anilines is 1. The summed E-state index contributed by atoms with van der Waals surface area (Å²) in [6.45, 7) is 5.53. The molecule has 0 spiro atoms. The van der Waals surface area contributed by atoms with Crippen LogP contribution in [0, 0.1) is 0 Å². The van der Waals surface area contributed by atoms with Crippen LogP contribution in [0.4, 0.5) is 5.69 Å². The first-order valence-electron chi connectivity index (χ1n) is 8.01. The van der Waals surface area contributed by atoms with E-state index in [1.807, 2.05) is 11.0 Å². The van der Waals surface area contributed by atoms with Gasteiger partial charge in [0.05, 0.1) is 12.2 Å². The summed E-state index contributed by atoms with van der Waals surface area (Å²) in [5, 5.41) is 9.03. The fraction of sp³-hybridized carbons (Fsp3) is 0.588. The second-order valence-corrected chi connectivity index (χ2v) is 5.87. The van der Waals surface area contributed by atoms with Gasteiger partial charge in [0.1, 0.15) is 18.9 Å². The van der Waals surface area contributed by atoms with Gasteiger partial charge in [-0.15, -0.1) is 0 Å². The van der Waals surface area contributed by atoms with Crippen molar-refractivity contribution in [3.8, 4) is 5.75 Å².